The van der Waals surface area contributed by atoms with Crippen molar-refractivity contribution in [2.75, 3.05) is 19.8 Å². The number of hydrogen-bond acceptors (Lipinski definition) is 4. The van der Waals surface area contributed by atoms with E-state index in [4.69, 9.17) is 21.1 Å². The molecule has 0 spiro atoms. The lowest BCUT2D eigenvalue weighted by Crippen LogP contribution is -2.39. The molecule has 27 heavy (non-hydrogen) atoms. The Morgan fingerprint density at radius 2 is 1.96 bits per heavy atom. The summed E-state index contributed by atoms with van der Waals surface area (Å²) in [6, 6.07) is 13.5. The maximum atomic E-state index is 12.4. The fourth-order valence-electron chi connectivity index (χ4n) is 3.57. The van der Waals surface area contributed by atoms with Gasteiger partial charge in [-0.15, -0.1) is 0 Å². The van der Waals surface area contributed by atoms with Gasteiger partial charge in [0, 0.05) is 18.1 Å². The Kier molecular flexibility index (Phi) is 5.03. The molecular formula is C21H20ClNO4. The Balaban J connectivity index is 1.31. The molecule has 140 valence electrons. The second kappa shape index (κ2) is 7.61. The molecule has 2 aliphatic heterocycles. The van der Waals surface area contributed by atoms with Gasteiger partial charge >= 0.3 is 5.97 Å². The lowest BCUT2D eigenvalue weighted by Gasteiger charge is -2.29. The maximum absolute atomic E-state index is 12.4. The van der Waals surface area contributed by atoms with Crippen molar-refractivity contribution < 1.29 is 19.1 Å². The fraction of sp³-hybridized carbons (Fsp3) is 0.333. The van der Waals surface area contributed by atoms with E-state index in [-0.39, 0.29) is 19.1 Å². The van der Waals surface area contributed by atoms with Crippen LogP contribution in [-0.2, 0) is 33.7 Å². The van der Waals surface area contributed by atoms with E-state index in [9.17, 15) is 9.59 Å². The number of halogens is 1. The summed E-state index contributed by atoms with van der Waals surface area (Å²) in [6.45, 7) is 1.22. The fourth-order valence-corrected chi connectivity index (χ4v) is 3.76. The summed E-state index contributed by atoms with van der Waals surface area (Å²) < 4.78 is 10.9. The highest BCUT2D eigenvalue weighted by Gasteiger charge is 2.29. The van der Waals surface area contributed by atoms with Gasteiger partial charge in [-0.1, -0.05) is 35.9 Å². The average molecular weight is 386 g/mol. The minimum atomic E-state index is -0.425. The summed E-state index contributed by atoms with van der Waals surface area (Å²) in [5.41, 5.74) is 3.31. The van der Waals surface area contributed by atoms with Crippen molar-refractivity contribution in [1.29, 1.82) is 0 Å². The van der Waals surface area contributed by atoms with E-state index < -0.39 is 11.9 Å². The molecule has 2 heterocycles. The van der Waals surface area contributed by atoms with E-state index in [0.29, 0.717) is 24.5 Å². The zero-order chi connectivity index (χ0) is 18.8. The maximum Gasteiger partial charge on any atom is 0.313 e. The van der Waals surface area contributed by atoms with Crippen LogP contribution < -0.4 is 4.74 Å². The largest absolute Gasteiger partial charge is 0.492 e. The molecule has 0 aliphatic carbocycles. The minimum Gasteiger partial charge on any atom is -0.492 e. The SMILES string of the molecule is O=C(OCC(=O)N1CCc2ccccc2C1)[C@@H]1COc2ccc(Cl)cc2C1. The molecule has 0 saturated heterocycles. The van der Waals surface area contributed by atoms with Gasteiger partial charge in [-0.2, -0.15) is 0 Å². The van der Waals surface area contributed by atoms with E-state index in [1.807, 2.05) is 18.2 Å². The van der Waals surface area contributed by atoms with Crippen LogP contribution >= 0.6 is 11.6 Å². The van der Waals surface area contributed by atoms with Crippen LogP contribution in [0.15, 0.2) is 42.5 Å². The number of nitrogens with zero attached hydrogens (tertiary/aromatic N) is 1. The first-order valence-electron chi connectivity index (χ1n) is 9.02. The number of carbonyl (C=O) groups excluding carboxylic acids is 2. The summed E-state index contributed by atoms with van der Waals surface area (Å²) in [5, 5.41) is 0.604. The summed E-state index contributed by atoms with van der Waals surface area (Å²) in [6.07, 6.45) is 1.32. The lowest BCUT2D eigenvalue weighted by atomic mass is 9.97. The molecule has 0 N–H and O–H groups in total. The smallest absolute Gasteiger partial charge is 0.313 e. The Bertz CT molecular complexity index is 882. The van der Waals surface area contributed by atoms with Gasteiger partial charge in [0.05, 0.1) is 5.92 Å². The molecule has 0 fully saturated rings. The number of ether oxygens (including phenoxy) is 2. The minimum absolute atomic E-state index is 0.168. The lowest BCUT2D eigenvalue weighted by molar-refractivity contribution is -0.157. The van der Waals surface area contributed by atoms with Crippen LogP contribution in [0.1, 0.15) is 16.7 Å². The van der Waals surface area contributed by atoms with Crippen molar-refractivity contribution in [1.82, 2.24) is 4.90 Å². The van der Waals surface area contributed by atoms with E-state index in [2.05, 4.69) is 6.07 Å². The molecular weight excluding hydrogens is 366 g/mol. The molecule has 5 nitrogen and oxygen atoms in total. The van der Waals surface area contributed by atoms with Gasteiger partial charge in [0.2, 0.25) is 0 Å². The zero-order valence-corrected chi connectivity index (χ0v) is 15.6. The normalized spacial score (nSPS) is 18.1. The second-order valence-corrected chi connectivity index (χ2v) is 7.34. The van der Waals surface area contributed by atoms with Gasteiger partial charge in [0.25, 0.3) is 5.91 Å². The number of amides is 1. The van der Waals surface area contributed by atoms with Crippen LogP contribution in [0.3, 0.4) is 0 Å². The number of rotatable bonds is 3. The average Bonchev–Trinajstić information content (AvgIpc) is 2.70. The molecule has 1 atom stereocenters. The van der Waals surface area contributed by atoms with Crippen molar-refractivity contribution >= 4 is 23.5 Å². The van der Waals surface area contributed by atoms with Crippen molar-refractivity contribution in [3.05, 3.63) is 64.2 Å². The number of hydrogen-bond donors (Lipinski definition) is 0. The van der Waals surface area contributed by atoms with E-state index in [1.54, 1.807) is 23.1 Å². The van der Waals surface area contributed by atoms with Crippen LogP contribution in [0.4, 0.5) is 0 Å². The van der Waals surface area contributed by atoms with Gasteiger partial charge in [0.1, 0.15) is 12.4 Å². The Morgan fingerprint density at radius 3 is 2.81 bits per heavy atom. The summed E-state index contributed by atoms with van der Waals surface area (Å²) in [5.74, 6) is -0.262. The van der Waals surface area contributed by atoms with Crippen LogP contribution in [0, 0.1) is 5.92 Å². The second-order valence-electron chi connectivity index (χ2n) is 6.91. The number of carbonyl (C=O) groups is 2. The number of fused-ring (bicyclic) bond motifs is 2. The monoisotopic (exact) mass is 385 g/mol. The third-order valence-corrected chi connectivity index (χ3v) is 5.32. The van der Waals surface area contributed by atoms with Gasteiger partial charge in [-0.25, -0.2) is 0 Å². The number of esters is 1. The standard InChI is InChI=1S/C21H20ClNO4/c22-18-5-6-19-16(10-18)9-17(12-26-19)21(25)27-13-20(24)23-8-7-14-3-1-2-4-15(14)11-23/h1-6,10,17H,7-9,11-13H2/t17-/m0/s1. The first-order chi connectivity index (χ1) is 13.1. The van der Waals surface area contributed by atoms with Crippen LogP contribution in [0.2, 0.25) is 5.02 Å². The van der Waals surface area contributed by atoms with Crippen molar-refractivity contribution in [3.8, 4) is 5.75 Å². The van der Waals surface area contributed by atoms with Crippen molar-refractivity contribution in [3.63, 3.8) is 0 Å². The predicted octanol–water partition coefficient (Wildman–Crippen LogP) is 3.02. The molecule has 6 heteroatoms. The Labute approximate surface area is 162 Å². The molecule has 0 saturated carbocycles. The number of benzene rings is 2. The highest BCUT2D eigenvalue weighted by Crippen LogP contribution is 2.30. The van der Waals surface area contributed by atoms with Gasteiger partial charge in [0.15, 0.2) is 6.61 Å². The van der Waals surface area contributed by atoms with Crippen molar-refractivity contribution in [2.24, 2.45) is 5.92 Å². The van der Waals surface area contributed by atoms with Gasteiger partial charge < -0.3 is 14.4 Å². The van der Waals surface area contributed by atoms with Gasteiger partial charge in [-0.3, -0.25) is 9.59 Å². The van der Waals surface area contributed by atoms with Gasteiger partial charge in [-0.05, 0) is 47.7 Å². The Hall–Kier alpha value is -2.53. The molecule has 4 rings (SSSR count). The molecule has 1 amide bonds. The van der Waals surface area contributed by atoms with E-state index >= 15 is 0 Å². The summed E-state index contributed by atoms with van der Waals surface area (Å²) in [4.78, 5) is 26.5. The topological polar surface area (TPSA) is 55.8 Å². The molecule has 0 unspecified atom stereocenters. The summed E-state index contributed by atoms with van der Waals surface area (Å²) in [7, 11) is 0. The van der Waals surface area contributed by atoms with Crippen molar-refractivity contribution in [2.45, 2.75) is 19.4 Å². The van der Waals surface area contributed by atoms with Crippen LogP contribution in [0.25, 0.3) is 0 Å². The Morgan fingerprint density at radius 1 is 1.15 bits per heavy atom. The highest BCUT2D eigenvalue weighted by molar-refractivity contribution is 6.30. The highest BCUT2D eigenvalue weighted by atomic mass is 35.5. The third kappa shape index (κ3) is 3.93. The molecule has 0 radical (unpaired) electrons. The van der Waals surface area contributed by atoms with Crippen LogP contribution in [-0.4, -0.2) is 36.5 Å². The quantitative estimate of drug-likeness (QED) is 0.762. The predicted molar refractivity (Wildman–Crippen MR) is 101 cm³/mol. The first-order valence-corrected chi connectivity index (χ1v) is 9.40. The molecule has 2 aromatic carbocycles. The van der Waals surface area contributed by atoms with E-state index in [0.717, 1.165) is 23.3 Å². The van der Waals surface area contributed by atoms with Crippen LogP contribution in [0.5, 0.6) is 5.75 Å². The van der Waals surface area contributed by atoms with E-state index in [1.165, 1.54) is 5.56 Å². The molecule has 0 bridgehead atoms. The molecule has 0 aromatic heterocycles. The summed E-state index contributed by atoms with van der Waals surface area (Å²) >= 11 is 6.01. The molecule has 2 aliphatic rings. The first kappa shape index (κ1) is 17.9. The zero-order valence-electron chi connectivity index (χ0n) is 14.8. The molecule has 2 aromatic rings. The third-order valence-electron chi connectivity index (χ3n) is 5.08.